The summed E-state index contributed by atoms with van der Waals surface area (Å²) < 4.78 is 21.2. The van der Waals surface area contributed by atoms with Crippen molar-refractivity contribution in [3.8, 4) is 0 Å². The Bertz CT molecular complexity index is 1500. The van der Waals surface area contributed by atoms with Crippen LogP contribution in [0.15, 0.2) is 10.5 Å². The number of alkyl carbamates (subject to hydrolysis) is 1. The SMILES string of the molecule is CC(C)(C)OC(=O)NC[C@H]1CN(C[C@H]2NC(=O)[C@H]2NC(=O)/C(=N/OC(C)(C)C(=O)OC(C)(C)C)c2csc(NC(=O)OC(C)(C)C)n2)C(=O)O1. The van der Waals surface area contributed by atoms with Crippen LogP contribution in [0.3, 0.4) is 0 Å². The number of amides is 5. The van der Waals surface area contributed by atoms with Gasteiger partial charge in [-0.1, -0.05) is 5.16 Å². The zero-order valence-corrected chi connectivity index (χ0v) is 31.0. The van der Waals surface area contributed by atoms with Gasteiger partial charge in [-0.15, -0.1) is 11.3 Å². The van der Waals surface area contributed by atoms with E-state index in [0.717, 1.165) is 11.3 Å². The largest absolute Gasteiger partial charge is 0.457 e. The lowest BCUT2D eigenvalue weighted by molar-refractivity contribution is -0.179. The summed E-state index contributed by atoms with van der Waals surface area (Å²) >= 11 is 0.964. The number of nitrogens with one attached hydrogen (secondary N) is 4. The van der Waals surface area contributed by atoms with Crippen molar-refractivity contribution in [3.63, 3.8) is 0 Å². The molecule has 0 saturated carbocycles. The van der Waals surface area contributed by atoms with Crippen LogP contribution in [0.4, 0.5) is 19.5 Å². The average Bonchev–Trinajstić information content (AvgIpc) is 3.53. The van der Waals surface area contributed by atoms with Crippen molar-refractivity contribution in [2.75, 3.05) is 25.0 Å². The zero-order valence-electron chi connectivity index (χ0n) is 30.2. The molecule has 0 spiro atoms. The second-order valence-electron chi connectivity index (χ2n) is 15.1. The lowest BCUT2D eigenvalue weighted by Gasteiger charge is -2.38. The normalized spacial score (nSPS) is 19.8. The van der Waals surface area contributed by atoms with Crippen LogP contribution in [0.5, 0.6) is 0 Å². The van der Waals surface area contributed by atoms with E-state index < -0.39 is 82.4 Å². The predicted octanol–water partition coefficient (Wildman–Crippen LogP) is 2.66. The topological polar surface area (TPSA) is 225 Å². The lowest BCUT2D eigenvalue weighted by atomic mass is 9.98. The Labute approximate surface area is 294 Å². The number of aromatic nitrogens is 1. The van der Waals surface area contributed by atoms with Crippen LogP contribution in [-0.4, -0.2) is 112 Å². The van der Waals surface area contributed by atoms with Crippen LogP contribution in [0.1, 0.15) is 81.9 Å². The number of thiazole rings is 1. The van der Waals surface area contributed by atoms with Crippen LogP contribution in [0, 0.1) is 0 Å². The molecule has 3 rings (SSSR count). The summed E-state index contributed by atoms with van der Waals surface area (Å²) in [6, 6.07) is -1.81. The first-order valence-corrected chi connectivity index (χ1v) is 16.7. The summed E-state index contributed by atoms with van der Waals surface area (Å²) in [5.41, 5.74) is -4.41. The van der Waals surface area contributed by atoms with Gasteiger partial charge in [0.1, 0.15) is 34.6 Å². The first-order chi connectivity index (χ1) is 22.8. The molecule has 50 heavy (non-hydrogen) atoms. The molecule has 278 valence electrons. The molecule has 0 radical (unpaired) electrons. The number of oxime groups is 1. The smallest absolute Gasteiger partial charge is 0.413 e. The predicted molar refractivity (Wildman–Crippen MR) is 179 cm³/mol. The van der Waals surface area contributed by atoms with Gasteiger partial charge in [-0.3, -0.25) is 14.9 Å². The number of carbonyl (C=O) groups excluding carboxylic acids is 6. The monoisotopic (exact) mass is 725 g/mol. The highest BCUT2D eigenvalue weighted by Crippen LogP contribution is 2.22. The van der Waals surface area contributed by atoms with Gasteiger partial charge in [-0.2, -0.15) is 0 Å². The number of anilines is 1. The Kier molecular flexibility index (Phi) is 12.0. The Morgan fingerprint density at radius 3 is 2.14 bits per heavy atom. The Hall–Kier alpha value is -4.68. The van der Waals surface area contributed by atoms with E-state index in [9.17, 15) is 28.8 Å². The molecule has 1 aromatic heterocycles. The van der Waals surface area contributed by atoms with Gasteiger partial charge in [0.25, 0.3) is 5.91 Å². The molecule has 5 amide bonds. The number of ether oxygens (including phenoxy) is 4. The molecule has 4 N–H and O–H groups in total. The Balaban J connectivity index is 1.74. The van der Waals surface area contributed by atoms with Gasteiger partial charge in [-0.25, -0.2) is 24.2 Å². The van der Waals surface area contributed by atoms with Gasteiger partial charge in [0, 0.05) is 11.9 Å². The fourth-order valence-corrected chi connectivity index (χ4v) is 4.86. The lowest BCUT2D eigenvalue weighted by Crippen LogP contribution is -2.72. The van der Waals surface area contributed by atoms with Gasteiger partial charge >= 0.3 is 24.2 Å². The van der Waals surface area contributed by atoms with Crippen LogP contribution in [-0.2, 0) is 38.2 Å². The fraction of sp³-hybridized carbons (Fsp3) is 0.677. The second-order valence-corrected chi connectivity index (χ2v) is 15.9. The molecule has 0 aromatic carbocycles. The summed E-state index contributed by atoms with van der Waals surface area (Å²) in [6.45, 7) is 18.2. The van der Waals surface area contributed by atoms with Crippen molar-refractivity contribution >= 4 is 58.2 Å². The number of rotatable bonds is 11. The average molecular weight is 726 g/mol. The third kappa shape index (κ3) is 12.0. The van der Waals surface area contributed by atoms with E-state index in [-0.39, 0.29) is 30.5 Å². The van der Waals surface area contributed by atoms with Gasteiger partial charge < -0.3 is 44.6 Å². The van der Waals surface area contributed by atoms with E-state index in [1.165, 1.54) is 24.1 Å². The van der Waals surface area contributed by atoms with Gasteiger partial charge in [0.2, 0.25) is 11.5 Å². The van der Waals surface area contributed by atoms with E-state index >= 15 is 0 Å². The van der Waals surface area contributed by atoms with E-state index in [1.54, 1.807) is 62.3 Å². The van der Waals surface area contributed by atoms with E-state index in [4.69, 9.17) is 23.8 Å². The van der Waals surface area contributed by atoms with E-state index in [2.05, 4.69) is 31.4 Å². The first kappa shape index (κ1) is 39.8. The number of carbonyl (C=O) groups is 6. The van der Waals surface area contributed by atoms with Crippen LogP contribution in [0.2, 0.25) is 0 Å². The maximum Gasteiger partial charge on any atom is 0.413 e. The summed E-state index contributed by atoms with van der Waals surface area (Å²) in [5, 5.41) is 15.7. The van der Waals surface area contributed by atoms with Crippen molar-refractivity contribution in [3.05, 3.63) is 11.1 Å². The minimum Gasteiger partial charge on any atom is -0.457 e. The third-order valence-corrected chi connectivity index (χ3v) is 7.12. The molecule has 3 atom stereocenters. The highest BCUT2D eigenvalue weighted by atomic mass is 32.1. The molecule has 0 bridgehead atoms. The number of nitrogens with zero attached hydrogens (tertiary/aromatic N) is 3. The second kappa shape index (κ2) is 15.1. The number of β-lactam (4-membered cyclic amide) rings is 1. The van der Waals surface area contributed by atoms with Crippen molar-refractivity contribution < 1.29 is 52.6 Å². The quantitative estimate of drug-likeness (QED) is 0.0850. The number of cyclic esters (lactones) is 1. The molecule has 2 aliphatic heterocycles. The highest BCUT2D eigenvalue weighted by Gasteiger charge is 2.45. The molecule has 3 heterocycles. The standard InChI is InChI=1S/C31H47N7O11S/c1-28(2,3)46-23(41)31(10,11)49-37-20(18-15-50-24(34-18)36-26(43)48-30(7,8)9)22(40)35-19-17(33-21(19)39)14-38-13-16(45-27(38)44)12-32-25(42)47-29(4,5)6/h15-17,19H,12-14H2,1-11H3,(H,32,42)(H,33,39)(H,35,40)(H,34,36,43)/b37-20+/t16-,17+,19-/m0/s1. The Morgan fingerprint density at radius 1 is 0.960 bits per heavy atom. The maximum atomic E-state index is 13.7. The van der Waals surface area contributed by atoms with E-state index in [1.807, 2.05) is 0 Å². The summed E-state index contributed by atoms with van der Waals surface area (Å²) in [6.07, 6.45) is -2.78. The summed E-state index contributed by atoms with van der Waals surface area (Å²) in [7, 11) is 0. The molecule has 0 aliphatic carbocycles. The number of esters is 1. The van der Waals surface area contributed by atoms with Crippen molar-refractivity contribution in [1.29, 1.82) is 0 Å². The van der Waals surface area contributed by atoms with Crippen LogP contribution < -0.4 is 21.3 Å². The van der Waals surface area contributed by atoms with Crippen molar-refractivity contribution in [1.82, 2.24) is 25.8 Å². The van der Waals surface area contributed by atoms with Crippen molar-refractivity contribution in [2.24, 2.45) is 5.16 Å². The molecule has 19 heteroatoms. The summed E-state index contributed by atoms with van der Waals surface area (Å²) in [5.74, 6) is -2.18. The molecule has 2 saturated heterocycles. The molecular weight excluding hydrogens is 678 g/mol. The molecule has 2 aliphatic rings. The first-order valence-electron chi connectivity index (χ1n) is 15.8. The fourth-order valence-electron chi connectivity index (χ4n) is 4.18. The third-order valence-electron chi connectivity index (χ3n) is 6.36. The minimum absolute atomic E-state index is 0.00618. The zero-order chi connectivity index (χ0) is 37.8. The van der Waals surface area contributed by atoms with Gasteiger partial charge in [0.15, 0.2) is 10.8 Å². The maximum absolute atomic E-state index is 13.7. The minimum atomic E-state index is -1.65. The van der Waals surface area contributed by atoms with Crippen LogP contribution >= 0.6 is 11.3 Å². The molecule has 0 unspecified atom stereocenters. The van der Waals surface area contributed by atoms with Gasteiger partial charge in [-0.05, 0) is 76.2 Å². The molecule has 2 fully saturated rings. The summed E-state index contributed by atoms with van der Waals surface area (Å²) in [4.78, 5) is 87.0. The van der Waals surface area contributed by atoms with Crippen molar-refractivity contribution in [2.45, 2.75) is 117 Å². The number of hydrogen-bond acceptors (Lipinski definition) is 14. The van der Waals surface area contributed by atoms with Gasteiger partial charge in [0.05, 0.1) is 19.1 Å². The van der Waals surface area contributed by atoms with Crippen LogP contribution in [0.25, 0.3) is 0 Å². The molecule has 1 aromatic rings. The highest BCUT2D eigenvalue weighted by molar-refractivity contribution is 7.14. The molecular formula is C31H47N7O11S. The molecule has 18 nitrogen and oxygen atoms in total. The van der Waals surface area contributed by atoms with E-state index in [0.29, 0.717) is 0 Å². The number of hydrogen-bond donors (Lipinski definition) is 4. The Morgan fingerprint density at radius 2 is 1.56 bits per heavy atom.